The van der Waals surface area contributed by atoms with Gasteiger partial charge in [0.15, 0.2) is 0 Å². The molecule has 1 aliphatic rings. The first-order valence-electron chi connectivity index (χ1n) is 7.09. The van der Waals surface area contributed by atoms with Crippen molar-refractivity contribution in [3.05, 3.63) is 59.4 Å². The first-order valence-corrected chi connectivity index (χ1v) is 8.31. The molecule has 1 aromatic heterocycles. The molecule has 0 fully saturated rings. The van der Waals surface area contributed by atoms with Crippen LogP contribution < -0.4 is 5.32 Å². The standard InChI is InChI=1S/C17H20N2S/c1-18-17(13-7-3-4-8-15(13)20-2)14-10-9-12-6-5-11-19-16(12)14/h3-8,11,14,17-18H,9-10H2,1-2H3. The number of hydrogen-bond donors (Lipinski definition) is 1. The van der Waals surface area contributed by atoms with E-state index in [1.54, 1.807) is 0 Å². The number of thioether (sulfide) groups is 1. The number of hydrogen-bond acceptors (Lipinski definition) is 3. The second kappa shape index (κ2) is 5.98. The maximum absolute atomic E-state index is 4.64. The first kappa shape index (κ1) is 13.7. The van der Waals surface area contributed by atoms with Gasteiger partial charge in [-0.2, -0.15) is 0 Å². The number of benzene rings is 1. The predicted octanol–water partition coefficient (Wildman–Crippen LogP) is 3.79. The summed E-state index contributed by atoms with van der Waals surface area (Å²) in [7, 11) is 2.06. The summed E-state index contributed by atoms with van der Waals surface area (Å²) < 4.78 is 0. The lowest BCUT2D eigenvalue weighted by Crippen LogP contribution is -2.23. The van der Waals surface area contributed by atoms with Crippen molar-refractivity contribution in [1.82, 2.24) is 10.3 Å². The third kappa shape index (κ3) is 2.36. The highest BCUT2D eigenvalue weighted by molar-refractivity contribution is 7.98. The molecule has 20 heavy (non-hydrogen) atoms. The Morgan fingerprint density at radius 1 is 1.25 bits per heavy atom. The van der Waals surface area contributed by atoms with E-state index >= 15 is 0 Å². The van der Waals surface area contributed by atoms with Gasteiger partial charge in [0.05, 0.1) is 0 Å². The number of nitrogens with one attached hydrogen (secondary N) is 1. The van der Waals surface area contributed by atoms with Gasteiger partial charge in [-0.15, -0.1) is 11.8 Å². The van der Waals surface area contributed by atoms with E-state index in [0.29, 0.717) is 12.0 Å². The maximum Gasteiger partial charge on any atom is 0.0485 e. The normalized spacial score (nSPS) is 18.8. The van der Waals surface area contributed by atoms with Crippen molar-refractivity contribution in [3.8, 4) is 0 Å². The molecule has 0 amide bonds. The Morgan fingerprint density at radius 3 is 2.90 bits per heavy atom. The van der Waals surface area contributed by atoms with E-state index in [9.17, 15) is 0 Å². The molecule has 1 aromatic carbocycles. The predicted molar refractivity (Wildman–Crippen MR) is 85.3 cm³/mol. The highest BCUT2D eigenvalue weighted by Crippen LogP contribution is 2.42. The lowest BCUT2D eigenvalue weighted by atomic mass is 9.91. The van der Waals surface area contributed by atoms with Gasteiger partial charge < -0.3 is 5.32 Å². The minimum Gasteiger partial charge on any atom is -0.312 e. The lowest BCUT2D eigenvalue weighted by Gasteiger charge is -2.25. The fourth-order valence-corrected chi connectivity index (χ4v) is 3.91. The molecule has 3 rings (SSSR count). The summed E-state index contributed by atoms with van der Waals surface area (Å²) in [6, 6.07) is 13.3. The van der Waals surface area contributed by atoms with Crippen LogP contribution in [0.2, 0.25) is 0 Å². The average Bonchev–Trinajstić information content (AvgIpc) is 2.93. The fraction of sp³-hybridized carbons (Fsp3) is 0.353. The van der Waals surface area contributed by atoms with Crippen LogP contribution in [-0.4, -0.2) is 18.3 Å². The SMILES string of the molecule is CNC(c1ccccc1SC)C1CCc2cccnc21. The van der Waals surface area contributed by atoms with E-state index in [-0.39, 0.29) is 0 Å². The van der Waals surface area contributed by atoms with Crippen molar-refractivity contribution in [3.63, 3.8) is 0 Å². The number of pyridine rings is 1. The molecule has 2 unspecified atom stereocenters. The van der Waals surface area contributed by atoms with Crippen LogP contribution in [0.5, 0.6) is 0 Å². The summed E-state index contributed by atoms with van der Waals surface area (Å²) in [4.78, 5) is 6.00. The Labute approximate surface area is 125 Å². The molecule has 1 heterocycles. The summed E-state index contributed by atoms with van der Waals surface area (Å²) >= 11 is 1.82. The van der Waals surface area contributed by atoms with Crippen LogP contribution in [0.4, 0.5) is 0 Å². The molecule has 2 nitrogen and oxygen atoms in total. The van der Waals surface area contributed by atoms with Crippen molar-refractivity contribution in [2.45, 2.75) is 29.7 Å². The number of fused-ring (bicyclic) bond motifs is 1. The van der Waals surface area contributed by atoms with Crippen LogP contribution in [0.15, 0.2) is 47.5 Å². The summed E-state index contributed by atoms with van der Waals surface area (Å²) in [5, 5.41) is 3.52. The highest BCUT2D eigenvalue weighted by atomic mass is 32.2. The van der Waals surface area contributed by atoms with Crippen LogP contribution in [0, 0.1) is 0 Å². The molecule has 0 saturated carbocycles. The number of nitrogens with zero attached hydrogens (tertiary/aromatic N) is 1. The van der Waals surface area contributed by atoms with Crippen molar-refractivity contribution in [1.29, 1.82) is 0 Å². The Bertz CT molecular complexity index is 597. The van der Waals surface area contributed by atoms with Crippen LogP contribution in [-0.2, 0) is 6.42 Å². The number of aryl methyl sites for hydroxylation is 1. The molecular weight excluding hydrogens is 264 g/mol. The molecule has 1 N–H and O–H groups in total. The Morgan fingerprint density at radius 2 is 2.10 bits per heavy atom. The minimum absolute atomic E-state index is 0.342. The quantitative estimate of drug-likeness (QED) is 0.865. The monoisotopic (exact) mass is 284 g/mol. The van der Waals surface area contributed by atoms with Crippen LogP contribution in [0.3, 0.4) is 0 Å². The summed E-state index contributed by atoms with van der Waals surface area (Å²) in [5.41, 5.74) is 4.09. The Kier molecular flexibility index (Phi) is 4.08. The molecule has 0 spiro atoms. The molecule has 0 radical (unpaired) electrons. The van der Waals surface area contributed by atoms with E-state index in [2.05, 4.69) is 53.9 Å². The van der Waals surface area contributed by atoms with Gasteiger partial charge in [-0.3, -0.25) is 4.98 Å². The average molecular weight is 284 g/mol. The Hall–Kier alpha value is -1.32. The van der Waals surface area contributed by atoms with Gasteiger partial charge in [-0.25, -0.2) is 0 Å². The summed E-state index contributed by atoms with van der Waals surface area (Å²) in [5.74, 6) is 0.476. The topological polar surface area (TPSA) is 24.9 Å². The van der Waals surface area contributed by atoms with Gasteiger partial charge in [0.1, 0.15) is 0 Å². The number of likely N-dealkylation sites (N-methyl/N-ethyl adjacent to an activating group) is 1. The van der Waals surface area contributed by atoms with Crippen molar-refractivity contribution < 1.29 is 0 Å². The molecule has 104 valence electrons. The van der Waals surface area contributed by atoms with Crippen LogP contribution >= 0.6 is 11.8 Å². The van der Waals surface area contributed by atoms with Gasteiger partial charge in [0.25, 0.3) is 0 Å². The molecule has 1 aliphatic carbocycles. The summed E-state index contributed by atoms with van der Waals surface area (Å²) in [6.45, 7) is 0. The van der Waals surface area contributed by atoms with Crippen molar-refractivity contribution in [2.24, 2.45) is 0 Å². The van der Waals surface area contributed by atoms with E-state index < -0.39 is 0 Å². The second-order valence-electron chi connectivity index (χ2n) is 5.20. The number of rotatable bonds is 4. The van der Waals surface area contributed by atoms with Gasteiger partial charge in [-0.1, -0.05) is 24.3 Å². The van der Waals surface area contributed by atoms with Crippen LogP contribution in [0.1, 0.15) is 35.2 Å². The van der Waals surface area contributed by atoms with Gasteiger partial charge in [0, 0.05) is 28.7 Å². The van der Waals surface area contributed by atoms with Gasteiger partial charge >= 0.3 is 0 Å². The van der Waals surface area contributed by atoms with E-state index in [1.165, 1.54) is 28.1 Å². The summed E-state index contributed by atoms with van der Waals surface area (Å²) in [6.07, 6.45) is 6.39. The van der Waals surface area contributed by atoms with E-state index in [0.717, 1.165) is 6.42 Å². The lowest BCUT2D eigenvalue weighted by molar-refractivity contribution is 0.464. The molecule has 0 bridgehead atoms. The van der Waals surface area contributed by atoms with Crippen molar-refractivity contribution in [2.75, 3.05) is 13.3 Å². The second-order valence-corrected chi connectivity index (χ2v) is 6.05. The van der Waals surface area contributed by atoms with Crippen molar-refractivity contribution >= 4 is 11.8 Å². The molecule has 2 aromatic rings. The third-order valence-electron chi connectivity index (χ3n) is 4.19. The fourth-order valence-electron chi connectivity index (χ4n) is 3.27. The molecule has 3 heteroatoms. The van der Waals surface area contributed by atoms with E-state index in [1.807, 2.05) is 24.0 Å². The Balaban J connectivity index is 1.99. The molecule has 0 aliphatic heterocycles. The minimum atomic E-state index is 0.342. The zero-order chi connectivity index (χ0) is 13.9. The molecular formula is C17H20N2S. The third-order valence-corrected chi connectivity index (χ3v) is 5.00. The van der Waals surface area contributed by atoms with Gasteiger partial charge in [-0.05, 0) is 49.4 Å². The van der Waals surface area contributed by atoms with Crippen LogP contribution in [0.25, 0.3) is 0 Å². The maximum atomic E-state index is 4.64. The zero-order valence-electron chi connectivity index (χ0n) is 12.0. The molecule has 0 saturated heterocycles. The largest absolute Gasteiger partial charge is 0.312 e. The smallest absolute Gasteiger partial charge is 0.0485 e. The zero-order valence-corrected chi connectivity index (χ0v) is 12.8. The number of aromatic nitrogens is 1. The highest BCUT2D eigenvalue weighted by Gasteiger charge is 2.31. The van der Waals surface area contributed by atoms with E-state index in [4.69, 9.17) is 0 Å². The molecule has 2 atom stereocenters. The first-order chi connectivity index (χ1) is 9.85. The van der Waals surface area contributed by atoms with Gasteiger partial charge in [0.2, 0.25) is 0 Å².